The number of carbonyl (C=O) groups is 2. The van der Waals surface area contributed by atoms with Crippen LogP contribution in [0, 0.1) is 6.92 Å². The van der Waals surface area contributed by atoms with Crippen molar-refractivity contribution in [3.63, 3.8) is 0 Å². The zero-order chi connectivity index (χ0) is 15.7. The standard InChI is InChI=1S/C16H17NO5/c1-10-2-3-12-11(9-22-13(12)6-10)7-15(18)17-4-5-21-14(8-17)16(19)20/h2-3,6,9,14H,4-5,7-8H2,1H3,(H,19,20)/t14-/m0/s1. The monoisotopic (exact) mass is 303 g/mol. The van der Waals surface area contributed by atoms with Gasteiger partial charge in [0.1, 0.15) is 5.58 Å². The van der Waals surface area contributed by atoms with E-state index in [-0.39, 0.29) is 25.5 Å². The van der Waals surface area contributed by atoms with E-state index in [4.69, 9.17) is 14.3 Å². The quantitative estimate of drug-likeness (QED) is 0.931. The van der Waals surface area contributed by atoms with Gasteiger partial charge >= 0.3 is 5.97 Å². The number of aryl methyl sites for hydroxylation is 1. The highest BCUT2D eigenvalue weighted by Crippen LogP contribution is 2.23. The van der Waals surface area contributed by atoms with E-state index in [0.29, 0.717) is 6.54 Å². The number of furan rings is 1. The van der Waals surface area contributed by atoms with Gasteiger partial charge in [-0.05, 0) is 18.6 Å². The summed E-state index contributed by atoms with van der Waals surface area (Å²) in [5.74, 6) is -1.15. The molecule has 6 heteroatoms. The van der Waals surface area contributed by atoms with Crippen LogP contribution in [0.15, 0.2) is 28.9 Å². The van der Waals surface area contributed by atoms with Crippen molar-refractivity contribution >= 4 is 22.8 Å². The Labute approximate surface area is 127 Å². The number of morpholine rings is 1. The average Bonchev–Trinajstić information content (AvgIpc) is 2.89. The van der Waals surface area contributed by atoms with Gasteiger partial charge in [0, 0.05) is 17.5 Å². The van der Waals surface area contributed by atoms with E-state index in [0.717, 1.165) is 22.1 Å². The van der Waals surface area contributed by atoms with E-state index in [1.807, 2.05) is 25.1 Å². The van der Waals surface area contributed by atoms with Crippen molar-refractivity contribution in [3.8, 4) is 0 Å². The van der Waals surface area contributed by atoms with E-state index in [2.05, 4.69) is 0 Å². The topological polar surface area (TPSA) is 80.0 Å². The highest BCUT2D eigenvalue weighted by Gasteiger charge is 2.29. The number of fused-ring (bicyclic) bond motifs is 1. The van der Waals surface area contributed by atoms with Crippen LogP contribution in [0.5, 0.6) is 0 Å². The molecule has 2 aromatic rings. The maximum Gasteiger partial charge on any atom is 0.334 e. The molecular weight excluding hydrogens is 286 g/mol. The Bertz CT molecular complexity index is 720. The number of carbonyl (C=O) groups excluding carboxylic acids is 1. The maximum atomic E-state index is 12.4. The Kier molecular flexibility index (Phi) is 3.85. The number of hydrogen-bond acceptors (Lipinski definition) is 4. The van der Waals surface area contributed by atoms with Gasteiger partial charge in [0.2, 0.25) is 5.91 Å². The van der Waals surface area contributed by atoms with Crippen molar-refractivity contribution in [1.29, 1.82) is 0 Å². The zero-order valence-electron chi connectivity index (χ0n) is 12.2. The minimum Gasteiger partial charge on any atom is -0.479 e. The second-order valence-electron chi connectivity index (χ2n) is 5.47. The lowest BCUT2D eigenvalue weighted by Gasteiger charge is -2.30. The molecule has 1 atom stereocenters. The van der Waals surface area contributed by atoms with Crippen molar-refractivity contribution in [3.05, 3.63) is 35.6 Å². The molecule has 1 aromatic heterocycles. The molecule has 0 aliphatic carbocycles. The average molecular weight is 303 g/mol. The van der Waals surface area contributed by atoms with E-state index in [1.165, 1.54) is 4.90 Å². The van der Waals surface area contributed by atoms with Gasteiger partial charge < -0.3 is 19.2 Å². The minimum absolute atomic E-state index is 0.0864. The summed E-state index contributed by atoms with van der Waals surface area (Å²) in [5, 5.41) is 9.90. The Balaban J connectivity index is 1.74. The van der Waals surface area contributed by atoms with Crippen LogP contribution in [0.2, 0.25) is 0 Å². The van der Waals surface area contributed by atoms with Gasteiger partial charge in [0.05, 0.1) is 25.8 Å². The molecule has 116 valence electrons. The largest absolute Gasteiger partial charge is 0.479 e. The predicted octanol–water partition coefficient (Wildman–Crippen LogP) is 1.60. The molecule has 22 heavy (non-hydrogen) atoms. The molecular formula is C16H17NO5. The summed E-state index contributed by atoms with van der Waals surface area (Å²) in [7, 11) is 0. The number of benzene rings is 1. The minimum atomic E-state index is -1.04. The number of amides is 1. The molecule has 0 radical (unpaired) electrons. The molecule has 6 nitrogen and oxygen atoms in total. The second-order valence-corrected chi connectivity index (χ2v) is 5.47. The summed E-state index contributed by atoms with van der Waals surface area (Å²) in [6, 6.07) is 5.84. The van der Waals surface area contributed by atoms with Gasteiger partial charge in [-0.1, -0.05) is 12.1 Å². The van der Waals surface area contributed by atoms with Crippen LogP contribution < -0.4 is 0 Å². The van der Waals surface area contributed by atoms with E-state index < -0.39 is 12.1 Å². The van der Waals surface area contributed by atoms with Crippen molar-refractivity contribution in [2.24, 2.45) is 0 Å². The molecule has 3 rings (SSSR count). The highest BCUT2D eigenvalue weighted by molar-refractivity contribution is 5.88. The van der Waals surface area contributed by atoms with Crippen LogP contribution in [-0.4, -0.2) is 47.7 Å². The van der Waals surface area contributed by atoms with Crippen LogP contribution in [-0.2, 0) is 20.7 Å². The van der Waals surface area contributed by atoms with Crippen LogP contribution in [0.4, 0.5) is 0 Å². The lowest BCUT2D eigenvalue weighted by Crippen LogP contribution is -2.49. The molecule has 0 spiro atoms. The number of carboxylic acid groups (broad SMARTS) is 1. The molecule has 0 saturated carbocycles. The molecule has 2 heterocycles. The molecule has 1 aliphatic heterocycles. The molecule has 1 N–H and O–H groups in total. The van der Waals surface area contributed by atoms with Crippen LogP contribution in [0.25, 0.3) is 11.0 Å². The fourth-order valence-corrected chi connectivity index (χ4v) is 2.63. The van der Waals surface area contributed by atoms with E-state index in [9.17, 15) is 9.59 Å². The van der Waals surface area contributed by atoms with Gasteiger partial charge in [0.15, 0.2) is 6.10 Å². The molecule has 1 fully saturated rings. The number of aliphatic carboxylic acids is 1. The fourth-order valence-electron chi connectivity index (χ4n) is 2.63. The smallest absolute Gasteiger partial charge is 0.334 e. The molecule has 0 bridgehead atoms. The summed E-state index contributed by atoms with van der Waals surface area (Å²) < 4.78 is 10.6. The third-order valence-corrected chi connectivity index (χ3v) is 3.85. The number of rotatable bonds is 3. The van der Waals surface area contributed by atoms with Gasteiger partial charge in [-0.25, -0.2) is 4.79 Å². The predicted molar refractivity (Wildman–Crippen MR) is 78.6 cm³/mol. The van der Waals surface area contributed by atoms with Crippen molar-refractivity contribution in [1.82, 2.24) is 4.90 Å². The van der Waals surface area contributed by atoms with Crippen molar-refractivity contribution < 1.29 is 23.8 Å². The van der Waals surface area contributed by atoms with Crippen LogP contribution in [0.1, 0.15) is 11.1 Å². The fraction of sp³-hybridized carbons (Fsp3) is 0.375. The van der Waals surface area contributed by atoms with E-state index in [1.54, 1.807) is 6.26 Å². The number of carboxylic acids is 1. The molecule has 1 saturated heterocycles. The van der Waals surface area contributed by atoms with Crippen molar-refractivity contribution in [2.45, 2.75) is 19.4 Å². The van der Waals surface area contributed by atoms with Gasteiger partial charge in [-0.3, -0.25) is 4.79 Å². The first kappa shape index (κ1) is 14.6. The Morgan fingerprint density at radius 1 is 1.41 bits per heavy atom. The first-order chi connectivity index (χ1) is 10.5. The summed E-state index contributed by atoms with van der Waals surface area (Å²) in [6.07, 6.45) is 0.848. The number of hydrogen-bond donors (Lipinski definition) is 1. The summed E-state index contributed by atoms with van der Waals surface area (Å²) >= 11 is 0. The Morgan fingerprint density at radius 2 is 2.23 bits per heavy atom. The third-order valence-electron chi connectivity index (χ3n) is 3.85. The summed E-state index contributed by atoms with van der Waals surface area (Å²) in [6.45, 7) is 2.72. The zero-order valence-corrected chi connectivity index (χ0v) is 12.2. The Morgan fingerprint density at radius 3 is 3.00 bits per heavy atom. The molecule has 1 aliphatic rings. The van der Waals surface area contributed by atoms with Gasteiger partial charge in [0.25, 0.3) is 0 Å². The third kappa shape index (κ3) is 2.82. The first-order valence-electron chi connectivity index (χ1n) is 7.13. The van der Waals surface area contributed by atoms with Crippen molar-refractivity contribution in [2.75, 3.05) is 19.7 Å². The Hall–Kier alpha value is -2.34. The first-order valence-corrected chi connectivity index (χ1v) is 7.13. The second kappa shape index (κ2) is 5.81. The number of ether oxygens (including phenoxy) is 1. The summed E-state index contributed by atoms with van der Waals surface area (Å²) in [4.78, 5) is 24.9. The molecule has 0 unspecified atom stereocenters. The molecule has 1 amide bonds. The summed E-state index contributed by atoms with van der Waals surface area (Å²) in [5.41, 5.74) is 2.67. The van der Waals surface area contributed by atoms with Crippen LogP contribution >= 0.6 is 0 Å². The lowest BCUT2D eigenvalue weighted by atomic mass is 10.1. The normalized spacial score (nSPS) is 18.6. The van der Waals surface area contributed by atoms with E-state index >= 15 is 0 Å². The van der Waals surface area contributed by atoms with Crippen LogP contribution in [0.3, 0.4) is 0 Å². The highest BCUT2D eigenvalue weighted by atomic mass is 16.5. The van der Waals surface area contributed by atoms with Gasteiger partial charge in [-0.2, -0.15) is 0 Å². The maximum absolute atomic E-state index is 12.4. The molecule has 1 aromatic carbocycles. The van der Waals surface area contributed by atoms with Gasteiger partial charge in [-0.15, -0.1) is 0 Å². The number of nitrogens with zero attached hydrogens (tertiary/aromatic N) is 1. The lowest BCUT2D eigenvalue weighted by molar-refractivity contribution is -0.159. The SMILES string of the molecule is Cc1ccc2c(CC(=O)N3CCO[C@H](C(=O)O)C3)coc2c1.